The van der Waals surface area contributed by atoms with E-state index in [0.29, 0.717) is 24.3 Å². The van der Waals surface area contributed by atoms with Gasteiger partial charge in [-0.15, -0.1) is 0 Å². The quantitative estimate of drug-likeness (QED) is 0.818. The Hall–Kier alpha value is -2.82. The van der Waals surface area contributed by atoms with Gasteiger partial charge in [0, 0.05) is 17.4 Å². The Kier molecular flexibility index (Phi) is 4.49. The number of hydrogen-bond donors (Lipinski definition) is 2. The summed E-state index contributed by atoms with van der Waals surface area (Å²) in [6.45, 7) is 3.91. The predicted molar refractivity (Wildman–Crippen MR) is 97.8 cm³/mol. The fourth-order valence-corrected chi connectivity index (χ4v) is 2.75. The Labute approximate surface area is 147 Å². The Bertz CT molecular complexity index is 825. The summed E-state index contributed by atoms with van der Waals surface area (Å²) in [4.78, 5) is 25.4. The number of benzene rings is 2. The molecular weight excluding hydrogens is 316 g/mol. The van der Waals surface area contributed by atoms with E-state index in [-0.39, 0.29) is 11.8 Å². The number of amides is 2. The largest absolute Gasteiger partial charge is 0.497 e. The van der Waals surface area contributed by atoms with Crippen molar-refractivity contribution in [2.75, 3.05) is 17.7 Å². The van der Waals surface area contributed by atoms with Gasteiger partial charge in [0.2, 0.25) is 11.8 Å². The first-order valence-corrected chi connectivity index (χ1v) is 8.29. The fraction of sp³-hybridized carbons (Fsp3) is 0.300. The van der Waals surface area contributed by atoms with Gasteiger partial charge in [0.05, 0.1) is 7.11 Å². The van der Waals surface area contributed by atoms with Crippen LogP contribution in [0.4, 0.5) is 11.4 Å². The molecule has 25 heavy (non-hydrogen) atoms. The molecule has 1 aliphatic carbocycles. The molecule has 3 rings (SSSR count). The van der Waals surface area contributed by atoms with Gasteiger partial charge in [-0.2, -0.15) is 0 Å². The Morgan fingerprint density at radius 1 is 1.00 bits per heavy atom. The standard InChI is InChI=1S/C20H22N2O3/c1-13-7-8-14(2)17(11-13)22-19(24)20(9-10-20)18(23)21-15-5-4-6-16(12-15)25-3/h4-8,11-12H,9-10H2,1-3H3,(H,21,23)(H,22,24). The van der Waals surface area contributed by atoms with E-state index in [4.69, 9.17) is 4.74 Å². The van der Waals surface area contributed by atoms with Gasteiger partial charge in [-0.1, -0.05) is 18.2 Å². The summed E-state index contributed by atoms with van der Waals surface area (Å²) < 4.78 is 5.16. The van der Waals surface area contributed by atoms with E-state index >= 15 is 0 Å². The number of rotatable bonds is 5. The lowest BCUT2D eigenvalue weighted by Gasteiger charge is -2.17. The third-order valence-electron chi connectivity index (χ3n) is 4.59. The Morgan fingerprint density at radius 2 is 1.72 bits per heavy atom. The molecule has 2 aromatic rings. The van der Waals surface area contributed by atoms with Crippen LogP contribution >= 0.6 is 0 Å². The van der Waals surface area contributed by atoms with Gasteiger partial charge >= 0.3 is 0 Å². The molecule has 1 fully saturated rings. The van der Waals surface area contributed by atoms with Crippen LogP contribution in [0.25, 0.3) is 0 Å². The number of ether oxygens (including phenoxy) is 1. The highest BCUT2D eigenvalue weighted by Crippen LogP contribution is 2.47. The maximum Gasteiger partial charge on any atom is 0.240 e. The van der Waals surface area contributed by atoms with Crippen LogP contribution in [-0.4, -0.2) is 18.9 Å². The minimum Gasteiger partial charge on any atom is -0.497 e. The molecule has 0 radical (unpaired) electrons. The number of anilines is 2. The first kappa shape index (κ1) is 17.0. The van der Waals surface area contributed by atoms with E-state index in [1.54, 1.807) is 31.4 Å². The molecule has 2 amide bonds. The normalized spacial score (nSPS) is 14.5. The molecule has 1 saturated carbocycles. The van der Waals surface area contributed by atoms with E-state index in [2.05, 4.69) is 10.6 Å². The molecule has 2 N–H and O–H groups in total. The summed E-state index contributed by atoms with van der Waals surface area (Å²) in [6.07, 6.45) is 1.11. The van der Waals surface area contributed by atoms with Crippen molar-refractivity contribution < 1.29 is 14.3 Å². The highest BCUT2D eigenvalue weighted by molar-refractivity contribution is 6.17. The van der Waals surface area contributed by atoms with E-state index in [0.717, 1.165) is 16.8 Å². The molecule has 0 unspecified atom stereocenters. The number of methoxy groups -OCH3 is 1. The average molecular weight is 338 g/mol. The molecule has 0 atom stereocenters. The van der Waals surface area contributed by atoms with Crippen molar-refractivity contribution in [2.24, 2.45) is 5.41 Å². The monoisotopic (exact) mass is 338 g/mol. The Balaban J connectivity index is 1.73. The molecule has 5 nitrogen and oxygen atoms in total. The Morgan fingerprint density at radius 3 is 2.40 bits per heavy atom. The summed E-state index contributed by atoms with van der Waals surface area (Å²) >= 11 is 0. The predicted octanol–water partition coefficient (Wildman–Crippen LogP) is 3.67. The van der Waals surface area contributed by atoms with Gasteiger partial charge < -0.3 is 15.4 Å². The van der Waals surface area contributed by atoms with Crippen molar-refractivity contribution in [1.82, 2.24) is 0 Å². The third kappa shape index (κ3) is 3.50. The molecule has 5 heteroatoms. The van der Waals surface area contributed by atoms with Gasteiger partial charge in [0.25, 0.3) is 0 Å². The van der Waals surface area contributed by atoms with Gasteiger partial charge in [-0.25, -0.2) is 0 Å². The van der Waals surface area contributed by atoms with Crippen LogP contribution in [0.3, 0.4) is 0 Å². The van der Waals surface area contributed by atoms with Crippen molar-refractivity contribution in [3.8, 4) is 5.75 Å². The van der Waals surface area contributed by atoms with Crippen molar-refractivity contribution >= 4 is 23.2 Å². The van der Waals surface area contributed by atoms with Crippen molar-refractivity contribution in [1.29, 1.82) is 0 Å². The second-order valence-corrected chi connectivity index (χ2v) is 6.54. The molecule has 1 aliphatic rings. The zero-order chi connectivity index (χ0) is 18.0. The van der Waals surface area contributed by atoms with E-state index in [1.807, 2.05) is 32.0 Å². The maximum atomic E-state index is 12.7. The topological polar surface area (TPSA) is 67.4 Å². The van der Waals surface area contributed by atoms with Crippen LogP contribution in [0.15, 0.2) is 42.5 Å². The number of hydrogen-bond acceptors (Lipinski definition) is 3. The van der Waals surface area contributed by atoms with E-state index in [1.165, 1.54) is 0 Å². The lowest BCUT2D eigenvalue weighted by Crippen LogP contribution is -2.35. The van der Waals surface area contributed by atoms with Gasteiger partial charge in [0.15, 0.2) is 0 Å². The van der Waals surface area contributed by atoms with Gasteiger partial charge in [-0.05, 0) is 56.0 Å². The molecule has 130 valence electrons. The fourth-order valence-electron chi connectivity index (χ4n) is 2.75. The van der Waals surface area contributed by atoms with Crippen LogP contribution in [0, 0.1) is 19.3 Å². The van der Waals surface area contributed by atoms with Crippen LogP contribution in [-0.2, 0) is 9.59 Å². The average Bonchev–Trinajstić information content (AvgIpc) is 3.40. The van der Waals surface area contributed by atoms with E-state index in [9.17, 15) is 9.59 Å². The molecule has 0 aromatic heterocycles. The van der Waals surface area contributed by atoms with Crippen molar-refractivity contribution in [3.63, 3.8) is 0 Å². The van der Waals surface area contributed by atoms with E-state index < -0.39 is 5.41 Å². The van der Waals surface area contributed by atoms with Crippen molar-refractivity contribution in [2.45, 2.75) is 26.7 Å². The molecule has 0 heterocycles. The number of carbonyl (C=O) groups excluding carboxylic acids is 2. The smallest absolute Gasteiger partial charge is 0.240 e. The minimum absolute atomic E-state index is 0.249. The first-order chi connectivity index (χ1) is 11.9. The number of carbonyl (C=O) groups is 2. The van der Waals surface area contributed by atoms with Crippen molar-refractivity contribution in [3.05, 3.63) is 53.6 Å². The van der Waals surface area contributed by atoms with Crippen LogP contribution in [0.2, 0.25) is 0 Å². The molecule has 0 saturated heterocycles. The number of nitrogens with one attached hydrogen (secondary N) is 2. The summed E-state index contributed by atoms with van der Waals surface area (Å²) in [5.74, 6) is 0.132. The van der Waals surface area contributed by atoms with Crippen LogP contribution in [0.1, 0.15) is 24.0 Å². The lowest BCUT2D eigenvalue weighted by molar-refractivity contribution is -0.131. The molecule has 0 spiro atoms. The highest BCUT2D eigenvalue weighted by Gasteiger charge is 2.56. The molecular formula is C20H22N2O3. The molecule has 2 aromatic carbocycles. The zero-order valence-electron chi connectivity index (χ0n) is 14.7. The van der Waals surface area contributed by atoms with Crippen LogP contribution in [0.5, 0.6) is 5.75 Å². The second-order valence-electron chi connectivity index (χ2n) is 6.54. The number of aryl methyl sites for hydroxylation is 2. The third-order valence-corrected chi connectivity index (χ3v) is 4.59. The van der Waals surface area contributed by atoms with Gasteiger partial charge in [-0.3, -0.25) is 9.59 Å². The second kappa shape index (κ2) is 6.59. The minimum atomic E-state index is -0.987. The maximum absolute atomic E-state index is 12.7. The zero-order valence-corrected chi connectivity index (χ0v) is 14.7. The van der Waals surface area contributed by atoms with Gasteiger partial charge in [0.1, 0.15) is 11.2 Å². The lowest BCUT2D eigenvalue weighted by atomic mass is 10.0. The molecule has 0 bridgehead atoms. The van der Waals surface area contributed by atoms with Crippen LogP contribution < -0.4 is 15.4 Å². The summed E-state index contributed by atoms with van der Waals surface area (Å²) in [5.41, 5.74) is 2.43. The summed E-state index contributed by atoms with van der Waals surface area (Å²) in [7, 11) is 1.57. The summed E-state index contributed by atoms with van der Waals surface area (Å²) in [5, 5.41) is 5.75. The highest BCUT2D eigenvalue weighted by atomic mass is 16.5. The first-order valence-electron chi connectivity index (χ1n) is 8.29. The summed E-state index contributed by atoms with van der Waals surface area (Å²) in [6, 6.07) is 13.0. The SMILES string of the molecule is COc1cccc(NC(=O)C2(C(=O)Nc3cc(C)ccc3C)CC2)c1. The molecule has 0 aliphatic heterocycles.